The molecular weight excluding hydrogens is 304 g/mol. The zero-order valence-corrected chi connectivity index (χ0v) is 12.4. The third kappa shape index (κ3) is 2.25. The van der Waals surface area contributed by atoms with Crippen LogP contribution in [0.1, 0.15) is 34.0 Å². The van der Waals surface area contributed by atoms with E-state index >= 15 is 0 Å². The van der Waals surface area contributed by atoms with Gasteiger partial charge in [-0.1, -0.05) is 23.7 Å². The van der Waals surface area contributed by atoms with E-state index in [9.17, 15) is 4.79 Å². The lowest BCUT2D eigenvalue weighted by Crippen LogP contribution is -2.22. The van der Waals surface area contributed by atoms with Crippen molar-refractivity contribution < 1.29 is 19.0 Å². The second kappa shape index (κ2) is 5.30. The monoisotopic (exact) mass is 316 g/mol. The number of fused-ring (bicyclic) bond motifs is 2. The number of hydrogen-bond donors (Lipinski definition) is 0. The van der Waals surface area contributed by atoms with Gasteiger partial charge in [0.15, 0.2) is 12.6 Å². The molecule has 0 radical (unpaired) electrons. The Morgan fingerprint density at radius 1 is 1.18 bits per heavy atom. The summed E-state index contributed by atoms with van der Waals surface area (Å²) in [5, 5.41) is 0.581. The molecule has 1 atom stereocenters. The summed E-state index contributed by atoms with van der Waals surface area (Å²) in [7, 11) is 0. The van der Waals surface area contributed by atoms with Crippen LogP contribution in [0.2, 0.25) is 5.02 Å². The second-order valence-electron chi connectivity index (χ2n) is 5.32. The maximum absolute atomic E-state index is 12.3. The van der Waals surface area contributed by atoms with Gasteiger partial charge in [-0.15, -0.1) is 0 Å². The molecule has 0 amide bonds. The highest BCUT2D eigenvalue weighted by Crippen LogP contribution is 2.41. The highest BCUT2D eigenvalue weighted by atomic mass is 35.5. The zero-order valence-electron chi connectivity index (χ0n) is 11.7. The Bertz CT molecular complexity index is 756. The van der Waals surface area contributed by atoms with Crippen molar-refractivity contribution in [1.29, 1.82) is 0 Å². The number of para-hydroxylation sites is 1. The van der Waals surface area contributed by atoms with Gasteiger partial charge in [0, 0.05) is 16.1 Å². The first-order valence-electron chi connectivity index (χ1n) is 7.04. The quantitative estimate of drug-likeness (QED) is 0.800. The minimum atomic E-state index is -0.395. The van der Waals surface area contributed by atoms with Crippen LogP contribution in [-0.4, -0.2) is 12.6 Å². The molecule has 2 aromatic carbocycles. The molecule has 5 heteroatoms. The maximum atomic E-state index is 12.3. The van der Waals surface area contributed by atoms with E-state index in [1.807, 2.05) is 18.2 Å². The first-order chi connectivity index (χ1) is 10.7. The predicted octanol–water partition coefficient (Wildman–Crippen LogP) is 3.91. The molecule has 0 fully saturated rings. The van der Waals surface area contributed by atoms with Crippen LogP contribution >= 0.6 is 11.6 Å². The van der Waals surface area contributed by atoms with Gasteiger partial charge < -0.3 is 14.2 Å². The molecule has 0 saturated carbocycles. The van der Waals surface area contributed by atoms with Gasteiger partial charge in [0.05, 0.1) is 18.6 Å². The first-order valence-corrected chi connectivity index (χ1v) is 7.42. The number of ketones is 1. The van der Waals surface area contributed by atoms with Crippen molar-refractivity contribution in [3.05, 3.63) is 58.1 Å². The van der Waals surface area contributed by atoms with Crippen LogP contribution in [0.5, 0.6) is 11.5 Å². The fourth-order valence-electron chi connectivity index (χ4n) is 2.89. The van der Waals surface area contributed by atoms with Gasteiger partial charge in [0.1, 0.15) is 17.6 Å². The summed E-state index contributed by atoms with van der Waals surface area (Å²) in [6.07, 6.45) is -0.124. The minimum Gasteiger partial charge on any atom is -0.484 e. The van der Waals surface area contributed by atoms with Crippen LogP contribution in [0, 0.1) is 0 Å². The summed E-state index contributed by atoms with van der Waals surface area (Å²) in [5.74, 6) is 1.38. The van der Waals surface area contributed by atoms with Gasteiger partial charge >= 0.3 is 0 Å². The predicted molar refractivity (Wildman–Crippen MR) is 80.5 cm³/mol. The highest BCUT2D eigenvalue weighted by Gasteiger charge is 2.31. The maximum Gasteiger partial charge on any atom is 0.189 e. The highest BCUT2D eigenvalue weighted by molar-refractivity contribution is 6.30. The molecule has 0 aliphatic carbocycles. The topological polar surface area (TPSA) is 44.8 Å². The van der Waals surface area contributed by atoms with Crippen LogP contribution in [0.25, 0.3) is 0 Å². The van der Waals surface area contributed by atoms with Crippen molar-refractivity contribution in [1.82, 2.24) is 0 Å². The van der Waals surface area contributed by atoms with E-state index in [0.29, 0.717) is 28.7 Å². The molecule has 0 unspecified atom stereocenters. The van der Waals surface area contributed by atoms with Crippen LogP contribution in [0.4, 0.5) is 0 Å². The van der Waals surface area contributed by atoms with Crippen molar-refractivity contribution in [3.63, 3.8) is 0 Å². The van der Waals surface area contributed by atoms with E-state index in [1.54, 1.807) is 18.2 Å². The molecule has 2 heterocycles. The molecule has 0 bridgehead atoms. The standard InChI is InChI=1S/C17H13ClO4/c18-11-5-10-8-20-9-21-17(10)13(6-11)16-7-14(19)12-3-1-2-4-15(12)22-16/h1-6,16H,7-9H2/t16-/m0/s1. The summed E-state index contributed by atoms with van der Waals surface area (Å²) < 4.78 is 16.9. The van der Waals surface area contributed by atoms with Crippen molar-refractivity contribution >= 4 is 17.4 Å². The number of hydrogen-bond acceptors (Lipinski definition) is 4. The lowest BCUT2D eigenvalue weighted by Gasteiger charge is -2.29. The van der Waals surface area contributed by atoms with E-state index in [4.69, 9.17) is 25.8 Å². The molecule has 112 valence electrons. The Hall–Kier alpha value is -2.04. The summed E-state index contributed by atoms with van der Waals surface area (Å²) in [6, 6.07) is 10.9. The molecule has 2 aliphatic heterocycles. The van der Waals surface area contributed by atoms with Crippen molar-refractivity contribution in [3.8, 4) is 11.5 Å². The van der Waals surface area contributed by atoms with E-state index < -0.39 is 6.10 Å². The average Bonchev–Trinajstić information content (AvgIpc) is 2.54. The molecule has 2 aliphatic rings. The normalized spacial score (nSPS) is 19.7. The van der Waals surface area contributed by atoms with Gasteiger partial charge in [-0.3, -0.25) is 4.79 Å². The third-order valence-electron chi connectivity index (χ3n) is 3.88. The molecular formula is C17H13ClO4. The van der Waals surface area contributed by atoms with Gasteiger partial charge in [-0.2, -0.15) is 0 Å². The molecule has 4 rings (SSSR count). The van der Waals surface area contributed by atoms with Crippen LogP contribution in [-0.2, 0) is 11.3 Å². The summed E-state index contributed by atoms with van der Waals surface area (Å²) in [4.78, 5) is 12.3. The average molecular weight is 317 g/mol. The number of carbonyl (C=O) groups is 1. The molecule has 0 aromatic heterocycles. The third-order valence-corrected chi connectivity index (χ3v) is 4.10. The molecule has 0 saturated heterocycles. The fourth-order valence-corrected chi connectivity index (χ4v) is 3.14. The lowest BCUT2D eigenvalue weighted by atomic mass is 9.94. The Balaban J connectivity index is 1.78. The van der Waals surface area contributed by atoms with E-state index in [0.717, 1.165) is 11.1 Å². The summed E-state index contributed by atoms with van der Waals surface area (Å²) in [5.41, 5.74) is 2.30. The summed E-state index contributed by atoms with van der Waals surface area (Å²) >= 11 is 6.19. The number of halogens is 1. The van der Waals surface area contributed by atoms with Crippen LogP contribution in [0.3, 0.4) is 0 Å². The van der Waals surface area contributed by atoms with Gasteiger partial charge in [-0.05, 0) is 24.3 Å². The molecule has 0 N–H and O–H groups in total. The van der Waals surface area contributed by atoms with Crippen LogP contribution < -0.4 is 9.47 Å². The fraction of sp³-hybridized carbons (Fsp3) is 0.235. The Kier molecular flexibility index (Phi) is 3.28. The number of benzene rings is 2. The number of Topliss-reactive ketones (excluding diaryl/α,β-unsaturated/α-hetero) is 1. The van der Waals surface area contributed by atoms with Crippen molar-refractivity contribution in [2.24, 2.45) is 0 Å². The van der Waals surface area contributed by atoms with Crippen molar-refractivity contribution in [2.75, 3.05) is 6.79 Å². The molecule has 2 aromatic rings. The first kappa shape index (κ1) is 13.6. The Labute approximate surface area is 132 Å². The van der Waals surface area contributed by atoms with E-state index in [2.05, 4.69) is 0 Å². The molecule has 0 spiro atoms. The van der Waals surface area contributed by atoms with E-state index in [1.165, 1.54) is 0 Å². The SMILES string of the molecule is O=C1C[C@@H](c2cc(Cl)cc3c2OCOC3)Oc2ccccc21. The largest absolute Gasteiger partial charge is 0.484 e. The van der Waals surface area contributed by atoms with Crippen molar-refractivity contribution in [2.45, 2.75) is 19.1 Å². The lowest BCUT2D eigenvalue weighted by molar-refractivity contribution is -0.0183. The number of carbonyl (C=O) groups excluding carboxylic acids is 1. The summed E-state index contributed by atoms with van der Waals surface area (Å²) in [6.45, 7) is 0.638. The van der Waals surface area contributed by atoms with Crippen LogP contribution in [0.15, 0.2) is 36.4 Å². The second-order valence-corrected chi connectivity index (χ2v) is 5.76. The number of rotatable bonds is 1. The van der Waals surface area contributed by atoms with E-state index in [-0.39, 0.29) is 19.0 Å². The van der Waals surface area contributed by atoms with Gasteiger partial charge in [0.25, 0.3) is 0 Å². The molecule has 4 nitrogen and oxygen atoms in total. The smallest absolute Gasteiger partial charge is 0.189 e. The minimum absolute atomic E-state index is 0.0626. The Morgan fingerprint density at radius 2 is 2.05 bits per heavy atom. The van der Waals surface area contributed by atoms with Gasteiger partial charge in [-0.25, -0.2) is 0 Å². The number of ether oxygens (including phenoxy) is 3. The zero-order chi connectivity index (χ0) is 15.1. The Morgan fingerprint density at radius 3 is 2.95 bits per heavy atom. The van der Waals surface area contributed by atoms with Gasteiger partial charge in [0.2, 0.25) is 0 Å². The molecule has 22 heavy (non-hydrogen) atoms.